The highest BCUT2D eigenvalue weighted by atomic mass is 79.9. The van der Waals surface area contributed by atoms with E-state index in [0.29, 0.717) is 5.82 Å². The molecule has 0 bridgehead atoms. The van der Waals surface area contributed by atoms with E-state index in [1.54, 1.807) is 24.4 Å². The molecule has 2 rings (SSSR count). The summed E-state index contributed by atoms with van der Waals surface area (Å²) >= 11 is 3.25. The number of pyridine rings is 1. The SMILES string of the molecule is Cc1ccc(NC(=O)CCNS(=O)(=O)c2ccc(Br)cc2)nc1. The molecule has 1 aromatic carbocycles. The Kier molecular flexibility index (Phi) is 5.86. The van der Waals surface area contributed by atoms with Crippen LogP contribution in [0.4, 0.5) is 5.82 Å². The van der Waals surface area contributed by atoms with E-state index in [-0.39, 0.29) is 23.8 Å². The molecular weight excluding hydrogens is 382 g/mol. The van der Waals surface area contributed by atoms with Gasteiger partial charge in [0.2, 0.25) is 15.9 Å². The summed E-state index contributed by atoms with van der Waals surface area (Å²) in [5.41, 5.74) is 0.991. The molecule has 0 saturated carbocycles. The van der Waals surface area contributed by atoms with E-state index in [0.717, 1.165) is 10.0 Å². The zero-order chi connectivity index (χ0) is 16.9. The molecule has 0 atom stereocenters. The first kappa shape index (κ1) is 17.6. The summed E-state index contributed by atoms with van der Waals surface area (Å²) in [6.07, 6.45) is 1.66. The highest BCUT2D eigenvalue weighted by molar-refractivity contribution is 9.10. The predicted molar refractivity (Wildman–Crippen MR) is 91.6 cm³/mol. The molecule has 1 amide bonds. The van der Waals surface area contributed by atoms with Gasteiger partial charge in [-0.1, -0.05) is 22.0 Å². The first-order valence-corrected chi connectivity index (χ1v) is 9.12. The Balaban J connectivity index is 1.85. The lowest BCUT2D eigenvalue weighted by Gasteiger charge is -2.07. The Morgan fingerprint density at radius 1 is 1.17 bits per heavy atom. The number of hydrogen-bond acceptors (Lipinski definition) is 4. The normalized spacial score (nSPS) is 11.2. The van der Waals surface area contributed by atoms with Gasteiger partial charge in [-0.2, -0.15) is 0 Å². The van der Waals surface area contributed by atoms with Crippen LogP contribution in [0.25, 0.3) is 0 Å². The maximum atomic E-state index is 12.1. The fraction of sp³-hybridized carbons (Fsp3) is 0.200. The number of anilines is 1. The maximum absolute atomic E-state index is 12.1. The van der Waals surface area contributed by atoms with Crippen molar-refractivity contribution >= 4 is 37.7 Å². The standard InChI is InChI=1S/C15H16BrN3O3S/c1-11-2-7-14(17-10-11)19-15(20)8-9-18-23(21,22)13-5-3-12(16)4-6-13/h2-7,10,18H,8-9H2,1H3,(H,17,19,20). The number of nitrogens with one attached hydrogen (secondary N) is 2. The fourth-order valence-corrected chi connectivity index (χ4v) is 3.04. The second-order valence-corrected chi connectivity index (χ2v) is 7.55. The van der Waals surface area contributed by atoms with Gasteiger partial charge in [-0.15, -0.1) is 0 Å². The van der Waals surface area contributed by atoms with Crippen molar-refractivity contribution in [2.75, 3.05) is 11.9 Å². The molecule has 122 valence electrons. The zero-order valence-corrected chi connectivity index (χ0v) is 14.8. The molecular formula is C15H16BrN3O3S. The molecule has 0 aliphatic rings. The van der Waals surface area contributed by atoms with Crippen molar-refractivity contribution in [2.24, 2.45) is 0 Å². The van der Waals surface area contributed by atoms with Crippen LogP contribution in [-0.2, 0) is 14.8 Å². The van der Waals surface area contributed by atoms with Gasteiger partial charge < -0.3 is 5.32 Å². The van der Waals surface area contributed by atoms with Crippen LogP contribution in [-0.4, -0.2) is 25.9 Å². The molecule has 0 spiro atoms. The second kappa shape index (κ2) is 7.67. The van der Waals surface area contributed by atoms with E-state index >= 15 is 0 Å². The summed E-state index contributed by atoms with van der Waals surface area (Å²) in [6.45, 7) is 1.91. The van der Waals surface area contributed by atoms with Gasteiger partial charge in [0, 0.05) is 23.6 Å². The number of aromatic nitrogens is 1. The Morgan fingerprint density at radius 2 is 1.87 bits per heavy atom. The van der Waals surface area contributed by atoms with E-state index in [2.05, 4.69) is 31.0 Å². The van der Waals surface area contributed by atoms with E-state index in [1.807, 2.05) is 13.0 Å². The number of hydrogen-bond donors (Lipinski definition) is 2. The average Bonchev–Trinajstić information content (AvgIpc) is 2.50. The summed E-state index contributed by atoms with van der Waals surface area (Å²) in [5, 5.41) is 2.61. The number of carbonyl (C=O) groups excluding carboxylic acids is 1. The van der Waals surface area contributed by atoms with Gasteiger partial charge in [0.25, 0.3) is 0 Å². The smallest absolute Gasteiger partial charge is 0.240 e. The number of aryl methyl sites for hydroxylation is 1. The van der Waals surface area contributed by atoms with Gasteiger partial charge in [0.15, 0.2) is 0 Å². The summed E-state index contributed by atoms with van der Waals surface area (Å²) in [5.74, 6) is 0.135. The molecule has 0 aliphatic heterocycles. The van der Waals surface area contributed by atoms with Crippen LogP contribution < -0.4 is 10.0 Å². The third-order valence-corrected chi connectivity index (χ3v) is 4.95. The Morgan fingerprint density at radius 3 is 2.48 bits per heavy atom. The molecule has 0 fully saturated rings. The van der Waals surface area contributed by atoms with E-state index in [1.165, 1.54) is 12.1 Å². The highest BCUT2D eigenvalue weighted by Gasteiger charge is 2.14. The Bertz CT molecular complexity index is 775. The van der Waals surface area contributed by atoms with Crippen LogP contribution in [0.2, 0.25) is 0 Å². The van der Waals surface area contributed by atoms with Gasteiger partial charge in [-0.05, 0) is 42.8 Å². The number of halogens is 1. The van der Waals surface area contributed by atoms with Crippen LogP contribution in [0, 0.1) is 6.92 Å². The molecule has 0 unspecified atom stereocenters. The minimum atomic E-state index is -3.62. The van der Waals surface area contributed by atoms with E-state index in [4.69, 9.17) is 0 Å². The molecule has 1 aromatic heterocycles. The first-order chi connectivity index (χ1) is 10.9. The zero-order valence-electron chi connectivity index (χ0n) is 12.4. The number of amides is 1. The minimum Gasteiger partial charge on any atom is -0.311 e. The first-order valence-electron chi connectivity index (χ1n) is 6.84. The van der Waals surface area contributed by atoms with Crippen molar-refractivity contribution in [2.45, 2.75) is 18.2 Å². The average molecular weight is 398 g/mol. The number of rotatable bonds is 6. The second-order valence-electron chi connectivity index (χ2n) is 4.87. The summed E-state index contributed by atoms with van der Waals surface area (Å²) < 4.78 is 27.3. The number of carbonyl (C=O) groups is 1. The number of nitrogens with zero attached hydrogens (tertiary/aromatic N) is 1. The van der Waals surface area contributed by atoms with E-state index < -0.39 is 10.0 Å². The molecule has 2 N–H and O–H groups in total. The van der Waals surface area contributed by atoms with Crippen LogP contribution >= 0.6 is 15.9 Å². The summed E-state index contributed by atoms with van der Waals surface area (Å²) in [6, 6.07) is 9.79. The fourth-order valence-electron chi connectivity index (χ4n) is 1.74. The molecule has 8 heteroatoms. The molecule has 6 nitrogen and oxygen atoms in total. The third kappa shape index (κ3) is 5.42. The van der Waals surface area contributed by atoms with Gasteiger partial charge in [-0.3, -0.25) is 4.79 Å². The topological polar surface area (TPSA) is 88.2 Å². The van der Waals surface area contributed by atoms with Crippen LogP contribution in [0.3, 0.4) is 0 Å². The van der Waals surface area contributed by atoms with E-state index in [9.17, 15) is 13.2 Å². The van der Waals surface area contributed by atoms with Crippen molar-refractivity contribution in [1.82, 2.24) is 9.71 Å². The lowest BCUT2D eigenvalue weighted by molar-refractivity contribution is -0.116. The molecule has 2 aromatic rings. The van der Waals surface area contributed by atoms with Crippen molar-refractivity contribution in [3.8, 4) is 0 Å². The number of benzene rings is 1. The lowest BCUT2D eigenvalue weighted by atomic mass is 10.3. The Labute approximate surface area is 143 Å². The van der Waals surface area contributed by atoms with Crippen LogP contribution in [0.1, 0.15) is 12.0 Å². The predicted octanol–water partition coefficient (Wildman–Crippen LogP) is 2.46. The van der Waals surface area contributed by atoms with Gasteiger partial charge in [-0.25, -0.2) is 18.1 Å². The van der Waals surface area contributed by atoms with Gasteiger partial charge in [0.05, 0.1) is 4.90 Å². The monoisotopic (exact) mass is 397 g/mol. The lowest BCUT2D eigenvalue weighted by Crippen LogP contribution is -2.28. The van der Waals surface area contributed by atoms with Crippen LogP contribution in [0.15, 0.2) is 52.0 Å². The molecule has 0 aliphatic carbocycles. The largest absolute Gasteiger partial charge is 0.311 e. The van der Waals surface area contributed by atoms with Crippen molar-refractivity contribution < 1.29 is 13.2 Å². The molecule has 23 heavy (non-hydrogen) atoms. The third-order valence-electron chi connectivity index (χ3n) is 2.95. The molecule has 0 saturated heterocycles. The molecule has 0 radical (unpaired) electrons. The van der Waals surface area contributed by atoms with Gasteiger partial charge in [0.1, 0.15) is 5.82 Å². The van der Waals surface area contributed by atoms with Crippen molar-refractivity contribution in [3.05, 3.63) is 52.6 Å². The summed E-state index contributed by atoms with van der Waals surface area (Å²) in [7, 11) is -3.62. The highest BCUT2D eigenvalue weighted by Crippen LogP contribution is 2.14. The Hall–Kier alpha value is -1.77. The maximum Gasteiger partial charge on any atom is 0.240 e. The minimum absolute atomic E-state index is 0.0100. The quantitative estimate of drug-likeness (QED) is 0.783. The van der Waals surface area contributed by atoms with Crippen LogP contribution in [0.5, 0.6) is 0 Å². The van der Waals surface area contributed by atoms with Crippen molar-refractivity contribution in [3.63, 3.8) is 0 Å². The van der Waals surface area contributed by atoms with Gasteiger partial charge >= 0.3 is 0 Å². The summed E-state index contributed by atoms with van der Waals surface area (Å²) in [4.78, 5) is 16.0. The molecule has 1 heterocycles. The van der Waals surface area contributed by atoms with Crippen molar-refractivity contribution in [1.29, 1.82) is 0 Å². The number of sulfonamides is 1.